The van der Waals surface area contributed by atoms with E-state index in [4.69, 9.17) is 5.11 Å². The van der Waals surface area contributed by atoms with Gasteiger partial charge in [-0.05, 0) is 38.5 Å². The van der Waals surface area contributed by atoms with Crippen LogP contribution in [-0.2, 0) is 14.6 Å². The molecule has 1 saturated heterocycles. The Morgan fingerprint density at radius 1 is 1.13 bits per heavy atom. The van der Waals surface area contributed by atoms with Crippen molar-refractivity contribution in [3.05, 3.63) is 0 Å². The number of hydrogen-bond donors (Lipinski definition) is 1. The number of nitrogens with zero attached hydrogens (tertiary/aromatic N) is 2. The van der Waals surface area contributed by atoms with Gasteiger partial charge in [0.15, 0.2) is 9.84 Å². The van der Waals surface area contributed by atoms with Crippen LogP contribution in [0.5, 0.6) is 0 Å². The van der Waals surface area contributed by atoms with Crippen LogP contribution in [0.1, 0.15) is 32.6 Å². The van der Waals surface area contributed by atoms with E-state index in [-0.39, 0.29) is 36.5 Å². The summed E-state index contributed by atoms with van der Waals surface area (Å²) >= 11 is 0. The van der Waals surface area contributed by atoms with E-state index in [1.54, 1.807) is 9.80 Å². The molecule has 1 saturated carbocycles. The van der Waals surface area contributed by atoms with Crippen molar-refractivity contribution < 1.29 is 23.1 Å². The maximum absolute atomic E-state index is 12.5. The summed E-state index contributed by atoms with van der Waals surface area (Å²) in [5, 5.41) is 9.03. The van der Waals surface area contributed by atoms with Crippen LogP contribution in [0.2, 0.25) is 0 Å². The molecule has 1 aliphatic heterocycles. The second kappa shape index (κ2) is 7.51. The minimum atomic E-state index is -2.99. The molecule has 0 radical (unpaired) electrons. The predicted molar refractivity (Wildman–Crippen MR) is 86.0 cm³/mol. The number of rotatable bonds is 4. The van der Waals surface area contributed by atoms with Crippen molar-refractivity contribution >= 4 is 21.8 Å². The fourth-order valence-corrected chi connectivity index (χ4v) is 4.55. The van der Waals surface area contributed by atoms with Crippen molar-refractivity contribution in [2.45, 2.75) is 32.6 Å². The second-order valence-electron chi connectivity index (χ2n) is 6.52. The number of sulfone groups is 1. The third kappa shape index (κ3) is 4.83. The maximum Gasteiger partial charge on any atom is 0.320 e. The first-order valence-corrected chi connectivity index (χ1v) is 10.1. The third-order valence-corrected chi connectivity index (χ3v) is 6.55. The van der Waals surface area contributed by atoms with Crippen LogP contribution in [-0.4, -0.2) is 73.0 Å². The SMILES string of the molecule is CCN(CC1CCC(C(=O)O)CC1)C(=O)N1CCS(=O)(=O)CC1. The normalized spacial score (nSPS) is 27.4. The van der Waals surface area contributed by atoms with E-state index < -0.39 is 15.8 Å². The lowest BCUT2D eigenvalue weighted by molar-refractivity contribution is -0.143. The number of amides is 2. The van der Waals surface area contributed by atoms with Crippen molar-refractivity contribution in [2.24, 2.45) is 11.8 Å². The molecule has 8 heteroatoms. The van der Waals surface area contributed by atoms with E-state index in [1.807, 2.05) is 6.92 Å². The van der Waals surface area contributed by atoms with Crippen LogP contribution in [0, 0.1) is 11.8 Å². The molecule has 2 amide bonds. The molecule has 2 fully saturated rings. The molecule has 0 spiro atoms. The van der Waals surface area contributed by atoms with E-state index in [1.165, 1.54) is 0 Å². The Labute approximate surface area is 137 Å². The number of carboxylic acids is 1. The highest BCUT2D eigenvalue weighted by Gasteiger charge is 2.31. The topological polar surface area (TPSA) is 95.0 Å². The van der Waals surface area contributed by atoms with Gasteiger partial charge in [-0.1, -0.05) is 0 Å². The summed E-state index contributed by atoms with van der Waals surface area (Å²) in [6.07, 6.45) is 3.01. The lowest BCUT2D eigenvalue weighted by atomic mass is 9.82. The van der Waals surface area contributed by atoms with Gasteiger partial charge < -0.3 is 14.9 Å². The summed E-state index contributed by atoms with van der Waals surface area (Å²) in [5.41, 5.74) is 0. The summed E-state index contributed by atoms with van der Waals surface area (Å²) in [6, 6.07) is -0.0947. The highest BCUT2D eigenvalue weighted by Crippen LogP contribution is 2.29. The Hall–Kier alpha value is -1.31. The first kappa shape index (κ1) is 18.0. The molecule has 0 unspecified atom stereocenters. The fourth-order valence-electron chi connectivity index (χ4n) is 3.35. The molecule has 0 aromatic rings. The first-order valence-electron chi connectivity index (χ1n) is 8.29. The van der Waals surface area contributed by atoms with Crippen LogP contribution in [0.4, 0.5) is 4.79 Å². The summed E-state index contributed by atoms with van der Waals surface area (Å²) < 4.78 is 22.9. The summed E-state index contributed by atoms with van der Waals surface area (Å²) in [5.74, 6) is -0.547. The van der Waals surface area contributed by atoms with E-state index in [0.717, 1.165) is 12.8 Å². The lowest BCUT2D eigenvalue weighted by Crippen LogP contribution is -2.50. The quantitative estimate of drug-likeness (QED) is 0.821. The standard InChI is InChI=1S/C15H26N2O5S/c1-2-16(11-12-3-5-13(6-4-12)14(18)19)15(20)17-7-9-23(21,22)10-8-17/h12-13H,2-11H2,1H3,(H,18,19). The molecule has 1 aliphatic carbocycles. The predicted octanol–water partition coefficient (Wildman–Crippen LogP) is 1.05. The molecular formula is C15H26N2O5S. The van der Waals surface area contributed by atoms with Crippen molar-refractivity contribution in [2.75, 3.05) is 37.7 Å². The Balaban J connectivity index is 1.85. The smallest absolute Gasteiger partial charge is 0.320 e. The van der Waals surface area contributed by atoms with Crippen molar-refractivity contribution in [1.82, 2.24) is 9.80 Å². The van der Waals surface area contributed by atoms with Crippen molar-refractivity contribution in [3.63, 3.8) is 0 Å². The maximum atomic E-state index is 12.5. The fraction of sp³-hybridized carbons (Fsp3) is 0.867. The van der Waals surface area contributed by atoms with Gasteiger partial charge in [0.2, 0.25) is 0 Å². The minimum absolute atomic E-state index is 0.0417. The van der Waals surface area contributed by atoms with Gasteiger partial charge in [0.1, 0.15) is 0 Å². The molecule has 1 heterocycles. The lowest BCUT2D eigenvalue weighted by Gasteiger charge is -2.35. The molecule has 0 atom stereocenters. The van der Waals surface area contributed by atoms with Crippen molar-refractivity contribution in [1.29, 1.82) is 0 Å². The van der Waals surface area contributed by atoms with E-state index in [9.17, 15) is 18.0 Å². The zero-order chi connectivity index (χ0) is 17.0. The number of carbonyl (C=O) groups excluding carboxylic acids is 1. The highest BCUT2D eigenvalue weighted by atomic mass is 32.2. The number of aliphatic carboxylic acids is 1. The van der Waals surface area contributed by atoms with Crippen molar-refractivity contribution in [3.8, 4) is 0 Å². The Morgan fingerprint density at radius 2 is 1.70 bits per heavy atom. The summed E-state index contributed by atoms with van der Waals surface area (Å²) in [6.45, 7) is 3.67. The van der Waals surface area contributed by atoms with Crippen LogP contribution >= 0.6 is 0 Å². The molecular weight excluding hydrogens is 320 g/mol. The molecule has 2 rings (SSSR count). The molecule has 23 heavy (non-hydrogen) atoms. The Kier molecular flexibility index (Phi) is 5.89. The Bertz CT molecular complexity index is 526. The Morgan fingerprint density at radius 3 is 2.17 bits per heavy atom. The number of urea groups is 1. The molecule has 0 bridgehead atoms. The second-order valence-corrected chi connectivity index (χ2v) is 8.82. The molecule has 2 aliphatic rings. The molecule has 7 nitrogen and oxygen atoms in total. The van der Waals surface area contributed by atoms with E-state index >= 15 is 0 Å². The monoisotopic (exact) mass is 346 g/mol. The number of carbonyl (C=O) groups is 2. The van der Waals surface area contributed by atoms with E-state index in [0.29, 0.717) is 31.8 Å². The van der Waals surface area contributed by atoms with Gasteiger partial charge in [0.25, 0.3) is 0 Å². The third-order valence-electron chi connectivity index (χ3n) is 4.94. The van der Waals surface area contributed by atoms with Gasteiger partial charge in [-0.2, -0.15) is 0 Å². The number of hydrogen-bond acceptors (Lipinski definition) is 4. The van der Waals surface area contributed by atoms with Crippen LogP contribution in [0.3, 0.4) is 0 Å². The molecule has 0 aromatic heterocycles. The van der Waals surface area contributed by atoms with Crippen LogP contribution in [0.25, 0.3) is 0 Å². The summed E-state index contributed by atoms with van der Waals surface area (Å²) in [7, 11) is -2.99. The van der Waals surface area contributed by atoms with Gasteiger partial charge in [0, 0.05) is 26.2 Å². The van der Waals surface area contributed by atoms with Crippen LogP contribution in [0.15, 0.2) is 0 Å². The highest BCUT2D eigenvalue weighted by molar-refractivity contribution is 7.91. The van der Waals surface area contributed by atoms with Crippen LogP contribution < -0.4 is 0 Å². The molecule has 1 N–H and O–H groups in total. The molecule has 0 aromatic carbocycles. The minimum Gasteiger partial charge on any atom is -0.481 e. The summed E-state index contributed by atoms with van der Waals surface area (Å²) in [4.78, 5) is 26.9. The average molecular weight is 346 g/mol. The average Bonchev–Trinajstić information content (AvgIpc) is 2.52. The van der Waals surface area contributed by atoms with Gasteiger partial charge in [-0.15, -0.1) is 0 Å². The van der Waals surface area contributed by atoms with Gasteiger partial charge >= 0.3 is 12.0 Å². The van der Waals surface area contributed by atoms with Gasteiger partial charge in [-0.3, -0.25) is 4.79 Å². The zero-order valence-electron chi connectivity index (χ0n) is 13.6. The largest absolute Gasteiger partial charge is 0.481 e. The zero-order valence-corrected chi connectivity index (χ0v) is 14.4. The first-order chi connectivity index (χ1) is 10.8. The number of carboxylic acid groups (broad SMARTS) is 1. The van der Waals surface area contributed by atoms with Gasteiger partial charge in [0.05, 0.1) is 17.4 Å². The van der Waals surface area contributed by atoms with E-state index in [2.05, 4.69) is 0 Å². The van der Waals surface area contributed by atoms with Gasteiger partial charge in [-0.25, -0.2) is 13.2 Å². The molecule has 132 valence electrons.